The average molecular weight is 501 g/mol. The molecule has 1 aliphatic heterocycles. The fraction of sp³-hybridized carbons (Fsp3) is 0.462. The van der Waals surface area contributed by atoms with Crippen molar-refractivity contribution in [2.75, 3.05) is 18.6 Å². The fourth-order valence-corrected chi connectivity index (χ4v) is 6.77. The second-order valence-corrected chi connectivity index (χ2v) is 10.7. The maximum atomic E-state index is 13.9. The van der Waals surface area contributed by atoms with Gasteiger partial charge < -0.3 is 9.47 Å². The molecule has 2 fully saturated rings. The molecule has 1 unspecified atom stereocenters. The molecule has 2 aliphatic rings. The number of methoxy groups -OCH3 is 1. The van der Waals surface area contributed by atoms with Crippen molar-refractivity contribution in [2.24, 2.45) is 0 Å². The highest BCUT2D eigenvalue weighted by atomic mass is 32.2. The molecule has 2 aromatic rings. The Morgan fingerprint density at radius 3 is 2.09 bits per heavy atom. The summed E-state index contributed by atoms with van der Waals surface area (Å²) in [6.45, 7) is 2.37. The monoisotopic (exact) mass is 500 g/mol. The van der Waals surface area contributed by atoms with Crippen LogP contribution in [0.5, 0.6) is 11.5 Å². The van der Waals surface area contributed by atoms with Gasteiger partial charge in [0.15, 0.2) is 0 Å². The third-order valence-corrected chi connectivity index (χ3v) is 8.63. The van der Waals surface area contributed by atoms with Gasteiger partial charge in [-0.3, -0.25) is 9.59 Å². The van der Waals surface area contributed by atoms with Crippen molar-refractivity contribution in [3.05, 3.63) is 48.5 Å². The fourth-order valence-electron chi connectivity index (χ4n) is 4.94. The van der Waals surface area contributed by atoms with Gasteiger partial charge >= 0.3 is 0 Å². The van der Waals surface area contributed by atoms with Crippen molar-refractivity contribution in [2.45, 2.75) is 68.8 Å². The van der Waals surface area contributed by atoms with Crippen molar-refractivity contribution in [1.29, 1.82) is 0 Å². The second-order valence-electron chi connectivity index (χ2n) is 8.87. The lowest BCUT2D eigenvalue weighted by Gasteiger charge is -2.33. The van der Waals surface area contributed by atoms with E-state index < -0.39 is 27.9 Å². The number of sulfonamides is 1. The topological polar surface area (TPSA) is 93.2 Å². The smallest absolute Gasteiger partial charge is 0.252 e. The van der Waals surface area contributed by atoms with Crippen LogP contribution in [0.3, 0.4) is 0 Å². The zero-order valence-corrected chi connectivity index (χ0v) is 21.0. The number of hydrogen-bond acceptors (Lipinski definition) is 6. The Morgan fingerprint density at radius 1 is 0.914 bits per heavy atom. The Hall–Kier alpha value is -2.91. The van der Waals surface area contributed by atoms with Crippen molar-refractivity contribution in [1.82, 2.24) is 4.31 Å². The summed E-state index contributed by atoms with van der Waals surface area (Å²) in [5.74, 6) is 0.251. The average Bonchev–Trinajstić information content (AvgIpc) is 3.01. The Bertz CT molecular complexity index is 1140. The first-order valence-electron chi connectivity index (χ1n) is 12.1. The molecule has 35 heavy (non-hydrogen) atoms. The number of ether oxygens (including phenoxy) is 2. The number of imide groups is 1. The molecule has 1 saturated heterocycles. The summed E-state index contributed by atoms with van der Waals surface area (Å²) < 4.78 is 39.8. The lowest BCUT2D eigenvalue weighted by molar-refractivity contribution is -0.122. The molecule has 0 bridgehead atoms. The number of carbonyl (C=O) groups is 2. The summed E-state index contributed by atoms with van der Waals surface area (Å²) >= 11 is 0. The van der Waals surface area contributed by atoms with E-state index in [-0.39, 0.29) is 17.4 Å². The first-order valence-corrected chi connectivity index (χ1v) is 13.6. The van der Waals surface area contributed by atoms with Gasteiger partial charge in [-0.05, 0) is 68.3 Å². The highest BCUT2D eigenvalue weighted by Gasteiger charge is 2.49. The normalized spacial score (nSPS) is 19.7. The van der Waals surface area contributed by atoms with E-state index in [1.54, 1.807) is 36.4 Å². The van der Waals surface area contributed by atoms with Crippen LogP contribution in [0.4, 0.5) is 5.69 Å². The second kappa shape index (κ2) is 10.8. The predicted molar refractivity (Wildman–Crippen MR) is 132 cm³/mol. The summed E-state index contributed by atoms with van der Waals surface area (Å²) in [6, 6.07) is 11.4. The zero-order chi connectivity index (χ0) is 25.0. The minimum absolute atomic E-state index is 0.0855. The maximum absolute atomic E-state index is 13.9. The molecule has 0 spiro atoms. The highest BCUT2D eigenvalue weighted by molar-refractivity contribution is 7.89. The molecule has 8 nitrogen and oxygen atoms in total. The molecule has 1 heterocycles. The lowest BCUT2D eigenvalue weighted by Crippen LogP contribution is -2.50. The molecule has 1 aliphatic carbocycles. The lowest BCUT2D eigenvalue weighted by atomic mass is 10.1. The van der Waals surface area contributed by atoms with Gasteiger partial charge in [-0.2, -0.15) is 4.31 Å². The Balaban J connectivity index is 1.70. The largest absolute Gasteiger partial charge is 0.497 e. The minimum atomic E-state index is -4.04. The van der Waals surface area contributed by atoms with Gasteiger partial charge in [0.05, 0.1) is 30.7 Å². The first-order chi connectivity index (χ1) is 16.9. The van der Waals surface area contributed by atoms with Crippen LogP contribution in [0.2, 0.25) is 0 Å². The van der Waals surface area contributed by atoms with Crippen LogP contribution in [0.15, 0.2) is 53.4 Å². The summed E-state index contributed by atoms with van der Waals surface area (Å²) in [5, 5.41) is 0. The van der Waals surface area contributed by atoms with E-state index in [2.05, 4.69) is 0 Å². The molecule has 2 amide bonds. The number of carbonyl (C=O) groups excluding carboxylic acids is 2. The highest BCUT2D eigenvalue weighted by Crippen LogP contribution is 2.35. The molecule has 188 valence electrons. The summed E-state index contributed by atoms with van der Waals surface area (Å²) in [7, 11) is -2.53. The third-order valence-electron chi connectivity index (χ3n) is 6.66. The molecular formula is C26H32N2O6S. The van der Waals surface area contributed by atoms with Crippen LogP contribution in [0.25, 0.3) is 0 Å². The van der Waals surface area contributed by atoms with Crippen LogP contribution in [-0.2, 0) is 19.6 Å². The molecule has 0 radical (unpaired) electrons. The number of anilines is 1. The number of rotatable bonds is 8. The molecule has 4 rings (SSSR count). The molecule has 0 N–H and O–H groups in total. The predicted octanol–water partition coefficient (Wildman–Crippen LogP) is 4.14. The van der Waals surface area contributed by atoms with Crippen molar-refractivity contribution in [3.63, 3.8) is 0 Å². The minimum Gasteiger partial charge on any atom is -0.497 e. The molecule has 2 aromatic carbocycles. The van der Waals surface area contributed by atoms with Crippen LogP contribution in [0.1, 0.15) is 51.9 Å². The molecule has 1 saturated carbocycles. The van der Waals surface area contributed by atoms with Crippen molar-refractivity contribution >= 4 is 27.5 Å². The van der Waals surface area contributed by atoms with E-state index in [1.165, 1.54) is 23.5 Å². The summed E-state index contributed by atoms with van der Waals surface area (Å²) in [6.07, 6.45) is 4.98. The van der Waals surface area contributed by atoms with E-state index >= 15 is 0 Å². The van der Waals surface area contributed by atoms with E-state index in [0.29, 0.717) is 36.6 Å². The SMILES string of the molecule is CCOc1ccc(N2C(=O)CC(N(C3CCCCCC3)S(=O)(=O)c3ccc(OC)cc3)C2=O)cc1. The maximum Gasteiger partial charge on any atom is 0.252 e. The Kier molecular flexibility index (Phi) is 7.76. The van der Waals surface area contributed by atoms with Gasteiger partial charge in [-0.25, -0.2) is 13.3 Å². The van der Waals surface area contributed by atoms with E-state index in [4.69, 9.17) is 9.47 Å². The molecular weight excluding hydrogens is 468 g/mol. The van der Waals surface area contributed by atoms with Gasteiger partial charge in [0.25, 0.3) is 5.91 Å². The number of amides is 2. The van der Waals surface area contributed by atoms with Gasteiger partial charge in [0.2, 0.25) is 15.9 Å². The van der Waals surface area contributed by atoms with Crippen molar-refractivity contribution < 1.29 is 27.5 Å². The molecule has 0 aromatic heterocycles. The van der Waals surface area contributed by atoms with Crippen LogP contribution >= 0.6 is 0 Å². The summed E-state index contributed by atoms with van der Waals surface area (Å²) in [4.78, 5) is 27.9. The third kappa shape index (κ3) is 5.21. The van der Waals surface area contributed by atoms with Crippen LogP contribution in [0, 0.1) is 0 Å². The van der Waals surface area contributed by atoms with Crippen LogP contribution in [-0.4, -0.2) is 50.3 Å². The van der Waals surface area contributed by atoms with Gasteiger partial charge in [-0.15, -0.1) is 0 Å². The van der Waals surface area contributed by atoms with Crippen LogP contribution < -0.4 is 14.4 Å². The molecule has 1 atom stereocenters. The Labute approximate surface area is 206 Å². The van der Waals surface area contributed by atoms with E-state index in [0.717, 1.165) is 30.6 Å². The quantitative estimate of drug-likeness (QED) is 0.400. The number of hydrogen-bond donors (Lipinski definition) is 0. The van der Waals surface area contributed by atoms with Gasteiger partial charge in [-0.1, -0.05) is 25.7 Å². The number of benzene rings is 2. The molecule has 9 heteroatoms. The van der Waals surface area contributed by atoms with Gasteiger partial charge in [0.1, 0.15) is 17.5 Å². The zero-order valence-electron chi connectivity index (χ0n) is 20.2. The van der Waals surface area contributed by atoms with Crippen molar-refractivity contribution in [3.8, 4) is 11.5 Å². The Morgan fingerprint density at radius 2 is 1.51 bits per heavy atom. The first kappa shape index (κ1) is 25.2. The van der Waals surface area contributed by atoms with Gasteiger partial charge in [0, 0.05) is 6.04 Å². The van der Waals surface area contributed by atoms with E-state index in [9.17, 15) is 18.0 Å². The summed E-state index contributed by atoms with van der Waals surface area (Å²) in [5.41, 5.74) is 0.411. The van der Waals surface area contributed by atoms with E-state index in [1.807, 2.05) is 6.92 Å². The standard InChI is InChI=1S/C26H32N2O6S/c1-3-34-22-12-10-19(11-13-22)27-25(29)18-24(26(27)30)28(20-8-6-4-5-7-9-20)35(31,32)23-16-14-21(33-2)15-17-23/h10-17,20,24H,3-9,18H2,1-2H3. The number of nitrogens with zero attached hydrogens (tertiary/aromatic N) is 2.